The van der Waals surface area contributed by atoms with Gasteiger partial charge >= 0.3 is 6.03 Å². The molecule has 3 rings (SSSR count). The second-order valence-electron chi connectivity index (χ2n) is 7.74. The molecule has 1 fully saturated rings. The van der Waals surface area contributed by atoms with Gasteiger partial charge in [0.15, 0.2) is 0 Å². The summed E-state index contributed by atoms with van der Waals surface area (Å²) in [6, 6.07) is 9.98. The van der Waals surface area contributed by atoms with Gasteiger partial charge in [0.1, 0.15) is 0 Å². The zero-order valence-corrected chi connectivity index (χ0v) is 19.3. The molecule has 3 amide bonds. The van der Waals surface area contributed by atoms with E-state index in [1.54, 1.807) is 30.3 Å². The van der Waals surface area contributed by atoms with Crippen LogP contribution in [0.1, 0.15) is 49.9 Å². The topological polar surface area (TPSA) is 73.5 Å². The van der Waals surface area contributed by atoms with Gasteiger partial charge in [-0.1, -0.05) is 36.2 Å². The van der Waals surface area contributed by atoms with Gasteiger partial charge < -0.3 is 20.9 Å². The number of hydrogen-bond donors (Lipinski definition) is 3. The van der Waals surface area contributed by atoms with Gasteiger partial charge in [0.2, 0.25) is 0 Å². The predicted octanol–water partition coefficient (Wildman–Crippen LogP) is 6.16. The van der Waals surface area contributed by atoms with Gasteiger partial charge in [0.25, 0.3) is 5.91 Å². The number of rotatable bonds is 6. The number of urea groups is 1. The van der Waals surface area contributed by atoms with E-state index in [4.69, 9.17) is 23.2 Å². The number of piperidine rings is 1. The van der Waals surface area contributed by atoms with E-state index in [1.807, 2.05) is 19.9 Å². The molecule has 0 bridgehead atoms. The van der Waals surface area contributed by atoms with E-state index in [2.05, 4.69) is 20.9 Å². The maximum atomic E-state index is 13.0. The number of carbonyl (C=O) groups is 2. The van der Waals surface area contributed by atoms with Crippen molar-refractivity contribution in [2.45, 2.75) is 45.6 Å². The number of nitrogens with zero attached hydrogens (tertiary/aromatic N) is 1. The number of nitrogens with one attached hydrogen (secondary N) is 3. The summed E-state index contributed by atoms with van der Waals surface area (Å²) in [7, 11) is 0. The van der Waals surface area contributed by atoms with Gasteiger partial charge in [-0.15, -0.1) is 0 Å². The van der Waals surface area contributed by atoms with Crippen molar-refractivity contribution in [3.8, 4) is 0 Å². The first kappa shape index (κ1) is 23.2. The molecule has 1 heterocycles. The van der Waals surface area contributed by atoms with E-state index in [0.717, 1.165) is 38.0 Å². The molecule has 0 aromatic heterocycles. The van der Waals surface area contributed by atoms with Gasteiger partial charge in [-0.25, -0.2) is 4.79 Å². The molecule has 3 N–H and O–H groups in total. The lowest BCUT2D eigenvalue weighted by molar-refractivity contribution is 0.0939. The van der Waals surface area contributed by atoms with Crippen molar-refractivity contribution in [3.05, 3.63) is 52.0 Å². The van der Waals surface area contributed by atoms with Gasteiger partial charge in [-0.2, -0.15) is 0 Å². The maximum Gasteiger partial charge on any atom is 0.323 e. The number of para-hydroxylation sites is 1. The first-order valence-electron chi connectivity index (χ1n) is 10.6. The lowest BCUT2D eigenvalue weighted by atomic mass is 10.1. The summed E-state index contributed by atoms with van der Waals surface area (Å²) in [5.41, 5.74) is 2.29. The third-order valence-corrected chi connectivity index (χ3v) is 6.02. The van der Waals surface area contributed by atoms with Gasteiger partial charge in [0.05, 0.1) is 21.3 Å². The van der Waals surface area contributed by atoms with Crippen LogP contribution in [-0.2, 0) is 0 Å². The summed E-state index contributed by atoms with van der Waals surface area (Å²) in [5.74, 6) is -0.145. The van der Waals surface area contributed by atoms with Crippen molar-refractivity contribution in [1.29, 1.82) is 0 Å². The Labute approximate surface area is 193 Å². The molecule has 2 aromatic carbocycles. The smallest absolute Gasteiger partial charge is 0.323 e. The Hall–Kier alpha value is -2.44. The molecule has 1 aliphatic rings. The minimum Gasteiger partial charge on any atom is -0.371 e. The molecule has 0 spiro atoms. The molecule has 0 radical (unpaired) electrons. The SMILES string of the molecule is CCC(C)NC(=O)c1cc(NC(=O)Nc2c(Cl)cccc2Cl)ccc1N1CCCCC1. The summed E-state index contributed by atoms with van der Waals surface area (Å²) in [6.45, 7) is 5.84. The second-order valence-corrected chi connectivity index (χ2v) is 8.55. The van der Waals surface area contributed by atoms with E-state index >= 15 is 0 Å². The monoisotopic (exact) mass is 462 g/mol. The van der Waals surface area contributed by atoms with Crippen molar-refractivity contribution < 1.29 is 9.59 Å². The van der Waals surface area contributed by atoms with Crippen LogP contribution in [-0.4, -0.2) is 31.1 Å². The highest BCUT2D eigenvalue weighted by molar-refractivity contribution is 6.39. The molecule has 166 valence electrons. The average Bonchev–Trinajstić information content (AvgIpc) is 2.76. The maximum absolute atomic E-state index is 13.0. The van der Waals surface area contributed by atoms with Crippen LogP contribution in [0.2, 0.25) is 10.0 Å². The van der Waals surface area contributed by atoms with Crippen LogP contribution in [0.4, 0.5) is 21.9 Å². The summed E-state index contributed by atoms with van der Waals surface area (Å²) >= 11 is 12.3. The molecule has 0 aliphatic carbocycles. The van der Waals surface area contributed by atoms with Crippen LogP contribution in [0, 0.1) is 0 Å². The first-order chi connectivity index (χ1) is 14.9. The van der Waals surface area contributed by atoms with Gasteiger partial charge in [-0.05, 0) is 62.9 Å². The fraction of sp³-hybridized carbons (Fsp3) is 0.391. The van der Waals surface area contributed by atoms with Crippen molar-refractivity contribution in [2.75, 3.05) is 28.6 Å². The first-order valence-corrected chi connectivity index (χ1v) is 11.4. The zero-order chi connectivity index (χ0) is 22.4. The van der Waals surface area contributed by atoms with E-state index in [1.165, 1.54) is 6.42 Å². The minimum absolute atomic E-state index is 0.0592. The van der Waals surface area contributed by atoms with Crippen LogP contribution in [0.3, 0.4) is 0 Å². The van der Waals surface area contributed by atoms with Gasteiger partial charge in [0, 0.05) is 30.5 Å². The summed E-state index contributed by atoms with van der Waals surface area (Å²) in [4.78, 5) is 27.8. The van der Waals surface area contributed by atoms with Gasteiger partial charge in [-0.3, -0.25) is 4.79 Å². The van der Waals surface area contributed by atoms with Crippen LogP contribution >= 0.6 is 23.2 Å². The number of halogens is 2. The van der Waals surface area contributed by atoms with Crippen molar-refractivity contribution in [3.63, 3.8) is 0 Å². The van der Waals surface area contributed by atoms with E-state index in [0.29, 0.717) is 27.0 Å². The van der Waals surface area contributed by atoms with Crippen LogP contribution in [0.15, 0.2) is 36.4 Å². The molecule has 8 heteroatoms. The lowest BCUT2D eigenvalue weighted by Gasteiger charge is -2.31. The molecule has 1 saturated heterocycles. The standard InChI is InChI=1S/C23H28Cl2N4O2/c1-3-15(2)26-22(30)17-14-16(10-11-20(17)29-12-5-4-6-13-29)27-23(31)28-21-18(24)8-7-9-19(21)25/h7-11,14-15H,3-6,12-13H2,1-2H3,(H,26,30)(H2,27,28,31). The quantitative estimate of drug-likeness (QED) is 0.481. The Morgan fingerprint density at radius 3 is 2.35 bits per heavy atom. The third kappa shape index (κ3) is 6.05. The van der Waals surface area contributed by atoms with Crippen molar-refractivity contribution in [1.82, 2.24) is 5.32 Å². The molecule has 1 aliphatic heterocycles. The summed E-state index contributed by atoms with van der Waals surface area (Å²) in [6.07, 6.45) is 4.25. The fourth-order valence-corrected chi connectivity index (χ4v) is 3.99. The number of benzene rings is 2. The zero-order valence-electron chi connectivity index (χ0n) is 17.8. The highest BCUT2D eigenvalue weighted by Crippen LogP contribution is 2.31. The Balaban J connectivity index is 1.82. The molecule has 0 saturated carbocycles. The van der Waals surface area contributed by atoms with Crippen molar-refractivity contribution >= 4 is 52.2 Å². The largest absolute Gasteiger partial charge is 0.371 e. The Bertz CT molecular complexity index is 925. The highest BCUT2D eigenvalue weighted by atomic mass is 35.5. The Morgan fingerprint density at radius 1 is 1.03 bits per heavy atom. The normalized spacial score (nSPS) is 14.6. The molecule has 31 heavy (non-hydrogen) atoms. The van der Waals surface area contributed by atoms with E-state index in [9.17, 15) is 9.59 Å². The number of hydrogen-bond acceptors (Lipinski definition) is 3. The second kappa shape index (κ2) is 10.7. The lowest BCUT2D eigenvalue weighted by Crippen LogP contribution is -2.35. The van der Waals surface area contributed by atoms with Crippen LogP contribution in [0.25, 0.3) is 0 Å². The molecule has 1 atom stereocenters. The summed E-state index contributed by atoms with van der Waals surface area (Å²) in [5, 5.41) is 9.16. The van der Waals surface area contributed by atoms with Crippen LogP contribution in [0.5, 0.6) is 0 Å². The Kier molecular flexibility index (Phi) is 8.04. The molecule has 6 nitrogen and oxygen atoms in total. The Morgan fingerprint density at radius 2 is 1.71 bits per heavy atom. The number of amides is 3. The number of anilines is 3. The molecular weight excluding hydrogens is 435 g/mol. The highest BCUT2D eigenvalue weighted by Gasteiger charge is 2.21. The van der Waals surface area contributed by atoms with E-state index in [-0.39, 0.29) is 11.9 Å². The van der Waals surface area contributed by atoms with Crippen molar-refractivity contribution in [2.24, 2.45) is 0 Å². The fourth-order valence-electron chi connectivity index (χ4n) is 3.50. The average molecular weight is 463 g/mol. The predicted molar refractivity (Wildman–Crippen MR) is 129 cm³/mol. The van der Waals surface area contributed by atoms with E-state index < -0.39 is 6.03 Å². The third-order valence-electron chi connectivity index (χ3n) is 5.39. The molecule has 1 unspecified atom stereocenters. The minimum atomic E-state index is -0.492. The van der Waals surface area contributed by atoms with Crippen LogP contribution < -0.4 is 20.9 Å². The molecule has 2 aromatic rings. The number of carbonyl (C=O) groups excluding carboxylic acids is 2. The summed E-state index contributed by atoms with van der Waals surface area (Å²) < 4.78 is 0. The molecular formula is C23H28Cl2N4O2.